The van der Waals surface area contributed by atoms with Gasteiger partial charge in [-0.25, -0.2) is 13.1 Å². The van der Waals surface area contributed by atoms with Gasteiger partial charge in [-0.3, -0.25) is 0 Å². The van der Waals surface area contributed by atoms with E-state index >= 15 is 0 Å². The number of rotatable bonds is 6. The maximum atomic E-state index is 11.9. The molecule has 1 aromatic carbocycles. The van der Waals surface area contributed by atoms with Gasteiger partial charge in [-0.1, -0.05) is 0 Å². The zero-order chi connectivity index (χ0) is 12.9. The highest BCUT2D eigenvalue weighted by atomic mass is 32.2. The van der Waals surface area contributed by atoms with Crippen molar-refractivity contribution in [2.24, 2.45) is 0 Å². The van der Waals surface area contributed by atoms with E-state index in [9.17, 15) is 8.42 Å². The van der Waals surface area contributed by atoms with Crippen molar-refractivity contribution < 1.29 is 13.2 Å². The van der Waals surface area contributed by atoms with Gasteiger partial charge in [0.2, 0.25) is 10.0 Å². The van der Waals surface area contributed by atoms with E-state index in [-0.39, 0.29) is 10.9 Å². The zero-order valence-corrected chi connectivity index (χ0v) is 11.8. The molecule has 0 saturated carbocycles. The zero-order valence-electron chi connectivity index (χ0n) is 10.1. The van der Waals surface area contributed by atoms with Gasteiger partial charge < -0.3 is 4.74 Å². The van der Waals surface area contributed by atoms with E-state index in [0.29, 0.717) is 6.61 Å². The number of methoxy groups -OCH3 is 1. The van der Waals surface area contributed by atoms with Crippen LogP contribution >= 0.6 is 11.8 Å². The topological polar surface area (TPSA) is 55.4 Å². The fraction of sp³-hybridized carbons (Fsp3) is 0.455. The van der Waals surface area contributed by atoms with Crippen LogP contribution in [-0.2, 0) is 14.8 Å². The lowest BCUT2D eigenvalue weighted by atomic mass is 10.4. The maximum Gasteiger partial charge on any atom is 0.240 e. The first-order chi connectivity index (χ1) is 7.99. The highest BCUT2D eigenvalue weighted by molar-refractivity contribution is 7.98. The summed E-state index contributed by atoms with van der Waals surface area (Å²) in [6.45, 7) is 2.11. The molecule has 1 rings (SSSR count). The van der Waals surface area contributed by atoms with E-state index in [1.807, 2.05) is 6.26 Å². The Balaban J connectivity index is 2.82. The molecule has 0 aliphatic carbocycles. The van der Waals surface area contributed by atoms with E-state index in [1.165, 1.54) is 7.11 Å². The van der Waals surface area contributed by atoms with E-state index in [1.54, 1.807) is 43.0 Å². The van der Waals surface area contributed by atoms with Gasteiger partial charge >= 0.3 is 0 Å². The molecular weight excluding hydrogens is 258 g/mol. The van der Waals surface area contributed by atoms with Crippen molar-refractivity contribution in [3.63, 3.8) is 0 Å². The number of thioether (sulfide) groups is 1. The lowest BCUT2D eigenvalue weighted by Crippen LogP contribution is -2.35. The van der Waals surface area contributed by atoms with Crippen molar-refractivity contribution in [1.29, 1.82) is 0 Å². The molecule has 1 atom stereocenters. The minimum Gasteiger partial charge on any atom is -0.383 e. The number of ether oxygens (including phenoxy) is 1. The summed E-state index contributed by atoms with van der Waals surface area (Å²) in [5.74, 6) is 0. The van der Waals surface area contributed by atoms with Crippen LogP contribution in [0.5, 0.6) is 0 Å². The summed E-state index contributed by atoms with van der Waals surface area (Å²) in [4.78, 5) is 1.31. The quantitative estimate of drug-likeness (QED) is 0.803. The Morgan fingerprint density at radius 1 is 1.35 bits per heavy atom. The van der Waals surface area contributed by atoms with Crippen LogP contribution in [0.4, 0.5) is 0 Å². The lowest BCUT2D eigenvalue weighted by Gasteiger charge is -2.13. The van der Waals surface area contributed by atoms with Crippen molar-refractivity contribution in [1.82, 2.24) is 4.72 Å². The van der Waals surface area contributed by atoms with Crippen LogP contribution in [0.2, 0.25) is 0 Å². The van der Waals surface area contributed by atoms with Crippen LogP contribution in [-0.4, -0.2) is 34.4 Å². The smallest absolute Gasteiger partial charge is 0.240 e. The van der Waals surface area contributed by atoms with Crippen LogP contribution in [0.1, 0.15) is 6.92 Å². The van der Waals surface area contributed by atoms with Gasteiger partial charge in [0.25, 0.3) is 0 Å². The Labute approximate surface area is 107 Å². The summed E-state index contributed by atoms with van der Waals surface area (Å²) < 4.78 is 31.3. The Morgan fingerprint density at radius 3 is 2.41 bits per heavy atom. The average molecular weight is 275 g/mol. The van der Waals surface area contributed by atoms with Gasteiger partial charge in [0.05, 0.1) is 11.5 Å². The van der Waals surface area contributed by atoms with Gasteiger partial charge in [-0.05, 0) is 37.4 Å². The van der Waals surface area contributed by atoms with Crippen LogP contribution in [0, 0.1) is 0 Å². The normalized spacial score (nSPS) is 13.6. The molecule has 0 heterocycles. The van der Waals surface area contributed by atoms with Crippen LogP contribution in [0.25, 0.3) is 0 Å². The van der Waals surface area contributed by atoms with E-state index in [2.05, 4.69) is 4.72 Å². The standard InChI is InChI=1S/C11H17NO3S2/c1-9(8-15-2)12-17(13,14)11-6-4-10(16-3)5-7-11/h4-7,9,12H,8H2,1-3H3/t9-/m0/s1. The fourth-order valence-electron chi connectivity index (χ4n) is 1.37. The van der Waals surface area contributed by atoms with Gasteiger partial charge in [0.1, 0.15) is 0 Å². The molecule has 96 valence electrons. The number of sulfonamides is 1. The number of hydrogen-bond acceptors (Lipinski definition) is 4. The Morgan fingerprint density at radius 2 is 1.94 bits per heavy atom. The van der Waals surface area contributed by atoms with Crippen molar-refractivity contribution in [2.45, 2.75) is 22.8 Å². The summed E-state index contributed by atoms with van der Waals surface area (Å²) in [6.07, 6.45) is 1.95. The molecule has 0 bridgehead atoms. The second-order valence-electron chi connectivity index (χ2n) is 3.65. The first-order valence-corrected chi connectivity index (χ1v) is 7.85. The van der Waals surface area contributed by atoms with Crippen molar-refractivity contribution in [3.8, 4) is 0 Å². The summed E-state index contributed by atoms with van der Waals surface area (Å²) in [5.41, 5.74) is 0. The second-order valence-corrected chi connectivity index (χ2v) is 6.25. The molecule has 0 amide bonds. The van der Waals surface area contributed by atoms with E-state index in [0.717, 1.165) is 4.90 Å². The van der Waals surface area contributed by atoms with E-state index < -0.39 is 10.0 Å². The molecule has 1 N–H and O–H groups in total. The number of hydrogen-bond donors (Lipinski definition) is 1. The second kappa shape index (κ2) is 6.39. The molecule has 0 radical (unpaired) electrons. The monoisotopic (exact) mass is 275 g/mol. The Kier molecular flexibility index (Phi) is 5.45. The molecule has 17 heavy (non-hydrogen) atoms. The predicted octanol–water partition coefficient (Wildman–Crippen LogP) is 1.72. The average Bonchev–Trinajstić information content (AvgIpc) is 2.28. The first kappa shape index (κ1) is 14.5. The summed E-state index contributed by atoms with van der Waals surface area (Å²) in [5, 5.41) is 0. The molecule has 0 saturated heterocycles. The summed E-state index contributed by atoms with van der Waals surface area (Å²) in [6, 6.07) is 6.55. The Bertz CT molecular complexity index is 442. The highest BCUT2D eigenvalue weighted by Gasteiger charge is 2.16. The van der Waals surface area contributed by atoms with Crippen molar-refractivity contribution in [2.75, 3.05) is 20.0 Å². The summed E-state index contributed by atoms with van der Waals surface area (Å²) >= 11 is 1.57. The molecular formula is C11H17NO3S2. The number of benzene rings is 1. The number of nitrogens with one attached hydrogen (secondary N) is 1. The molecule has 4 nitrogen and oxygen atoms in total. The molecule has 0 aliphatic heterocycles. The third-order valence-corrected chi connectivity index (χ3v) is 4.49. The largest absolute Gasteiger partial charge is 0.383 e. The minimum atomic E-state index is -3.45. The SMILES string of the molecule is COC[C@H](C)NS(=O)(=O)c1ccc(SC)cc1. The van der Waals surface area contributed by atoms with Gasteiger partial charge in [-0.15, -0.1) is 11.8 Å². The molecule has 0 aliphatic rings. The van der Waals surface area contributed by atoms with Gasteiger partial charge in [0, 0.05) is 18.0 Å². The lowest BCUT2D eigenvalue weighted by molar-refractivity contribution is 0.180. The molecule has 0 fully saturated rings. The highest BCUT2D eigenvalue weighted by Crippen LogP contribution is 2.17. The summed E-state index contributed by atoms with van der Waals surface area (Å²) in [7, 11) is -1.91. The van der Waals surface area contributed by atoms with Crippen LogP contribution in [0.3, 0.4) is 0 Å². The maximum absolute atomic E-state index is 11.9. The Hall–Kier alpha value is -0.560. The minimum absolute atomic E-state index is 0.245. The van der Waals surface area contributed by atoms with Crippen LogP contribution < -0.4 is 4.72 Å². The van der Waals surface area contributed by atoms with Gasteiger partial charge in [0.15, 0.2) is 0 Å². The molecule has 0 aromatic heterocycles. The van der Waals surface area contributed by atoms with Gasteiger partial charge in [-0.2, -0.15) is 0 Å². The fourth-order valence-corrected chi connectivity index (χ4v) is 3.01. The third-order valence-electron chi connectivity index (χ3n) is 2.14. The van der Waals surface area contributed by atoms with Crippen LogP contribution in [0.15, 0.2) is 34.1 Å². The van der Waals surface area contributed by atoms with E-state index in [4.69, 9.17) is 4.74 Å². The molecule has 0 spiro atoms. The van der Waals surface area contributed by atoms with Crippen molar-refractivity contribution in [3.05, 3.63) is 24.3 Å². The third kappa shape index (κ3) is 4.31. The molecule has 6 heteroatoms. The first-order valence-electron chi connectivity index (χ1n) is 5.15. The molecule has 1 aromatic rings. The predicted molar refractivity (Wildman–Crippen MR) is 69.9 cm³/mol. The van der Waals surface area contributed by atoms with Crippen molar-refractivity contribution >= 4 is 21.8 Å². The molecule has 0 unspecified atom stereocenters.